The molecule has 0 aliphatic carbocycles. The molecule has 2 rings (SSSR count). The van der Waals surface area contributed by atoms with Crippen LogP contribution in [0.25, 0.3) is 11.0 Å². The zero-order valence-electron chi connectivity index (χ0n) is 5.06. The molecule has 1 N–H and O–H groups in total. The second-order valence-corrected chi connectivity index (χ2v) is 1.81. The van der Waals surface area contributed by atoms with Gasteiger partial charge >= 0.3 is 17.1 Å². The summed E-state index contributed by atoms with van der Waals surface area (Å²) in [5.41, 5.74) is 1.83. The Balaban J connectivity index is 0.000000500. The third-order valence-corrected chi connectivity index (χ3v) is 1.22. The summed E-state index contributed by atoms with van der Waals surface area (Å²) >= 11 is 0. The van der Waals surface area contributed by atoms with Crippen LogP contribution in [0, 0.1) is 0 Å². The molecule has 0 atom stereocenters. The third-order valence-electron chi connectivity index (χ3n) is 1.22. The second-order valence-electron chi connectivity index (χ2n) is 1.81. The van der Waals surface area contributed by atoms with Gasteiger partial charge in [0.1, 0.15) is 11.0 Å². The number of para-hydroxylation sites is 2. The van der Waals surface area contributed by atoms with Gasteiger partial charge in [-0.05, 0) is 12.1 Å². The van der Waals surface area contributed by atoms with Crippen LogP contribution in [0.1, 0.15) is 0 Å². The molecule has 1 aromatic carbocycles. The Morgan fingerprint density at radius 2 is 1.50 bits per heavy atom. The van der Waals surface area contributed by atoms with Gasteiger partial charge in [0.05, 0.1) is 0 Å². The molecule has 0 amide bonds. The zero-order valence-corrected chi connectivity index (χ0v) is 6.16. The summed E-state index contributed by atoms with van der Waals surface area (Å²) < 4.78 is 0. The quantitative estimate of drug-likeness (QED) is 0.605. The smallest absolute Gasteiger partial charge is 0.197 e. The van der Waals surface area contributed by atoms with Gasteiger partial charge in [-0.25, -0.2) is 0 Å². The molecule has 0 fully saturated rings. The molecule has 50 valence electrons. The van der Waals surface area contributed by atoms with Gasteiger partial charge in [0.2, 0.25) is 0 Å². The summed E-state index contributed by atoms with van der Waals surface area (Å²) in [7, 11) is 0. The maximum Gasteiger partial charge on any atom is 2.00 e. The van der Waals surface area contributed by atoms with E-state index in [9.17, 15) is 0 Å². The molecule has 10 heavy (non-hydrogen) atoms. The minimum Gasteiger partial charge on any atom is -0.197 e. The molecule has 1 heterocycles. The molecule has 0 saturated heterocycles. The first-order chi connectivity index (χ1) is 4.47. The summed E-state index contributed by atoms with van der Waals surface area (Å²) in [6.07, 6.45) is 0. The Morgan fingerprint density at radius 1 is 1.00 bits per heavy atom. The van der Waals surface area contributed by atoms with Gasteiger partial charge in [0.25, 0.3) is 0 Å². The first kappa shape index (κ1) is 7.25. The molecule has 0 saturated carbocycles. The van der Waals surface area contributed by atoms with E-state index in [1.54, 1.807) is 0 Å². The van der Waals surface area contributed by atoms with E-state index in [2.05, 4.69) is 15.4 Å². The number of benzene rings is 1. The van der Waals surface area contributed by atoms with Crippen molar-refractivity contribution in [1.82, 2.24) is 15.4 Å². The minimum atomic E-state index is 0. The van der Waals surface area contributed by atoms with Crippen molar-refractivity contribution in [2.75, 3.05) is 0 Å². The van der Waals surface area contributed by atoms with Crippen molar-refractivity contribution >= 4 is 11.0 Å². The van der Waals surface area contributed by atoms with Gasteiger partial charge < -0.3 is 0 Å². The predicted molar refractivity (Wildman–Crippen MR) is 33.9 cm³/mol. The standard InChI is InChI=1S/C6H5N3.Fe/c1-2-4-6-5(3-1)7-9-8-6;/h1-4H,(H,7,8,9);/q;+2. The molecule has 0 aliphatic heterocycles. The fourth-order valence-electron chi connectivity index (χ4n) is 0.786. The Bertz CT molecular complexity index is 287. The Hall–Kier alpha value is -0.861. The molecule has 0 aliphatic rings. The van der Waals surface area contributed by atoms with Crippen molar-refractivity contribution < 1.29 is 17.1 Å². The molecule has 1 aromatic heterocycles. The van der Waals surface area contributed by atoms with E-state index in [0.717, 1.165) is 11.0 Å². The number of aromatic amines is 1. The molecular weight excluding hydrogens is 170 g/mol. The summed E-state index contributed by atoms with van der Waals surface area (Å²) in [5.74, 6) is 0. The molecule has 0 bridgehead atoms. The van der Waals surface area contributed by atoms with Crippen LogP contribution >= 0.6 is 0 Å². The fraction of sp³-hybridized carbons (Fsp3) is 0. The SMILES string of the molecule is [Fe+2].c1ccc2n[nH]nc2c1. The van der Waals surface area contributed by atoms with E-state index >= 15 is 0 Å². The number of fused-ring (bicyclic) bond motifs is 1. The van der Waals surface area contributed by atoms with Crippen molar-refractivity contribution in [3.63, 3.8) is 0 Å². The van der Waals surface area contributed by atoms with E-state index in [-0.39, 0.29) is 17.1 Å². The minimum absolute atomic E-state index is 0. The number of hydrogen-bond donors (Lipinski definition) is 1. The van der Waals surface area contributed by atoms with Crippen LogP contribution in [-0.4, -0.2) is 15.4 Å². The Kier molecular flexibility index (Phi) is 2.04. The molecule has 3 nitrogen and oxygen atoms in total. The molecular formula is C6H5FeN3+2. The number of H-pyrrole nitrogens is 1. The average molecular weight is 175 g/mol. The first-order valence-electron chi connectivity index (χ1n) is 2.72. The van der Waals surface area contributed by atoms with Crippen molar-refractivity contribution in [1.29, 1.82) is 0 Å². The Morgan fingerprint density at radius 3 is 2.00 bits per heavy atom. The molecule has 0 spiro atoms. The topological polar surface area (TPSA) is 41.6 Å². The number of rotatable bonds is 0. The van der Waals surface area contributed by atoms with E-state index in [1.807, 2.05) is 24.3 Å². The first-order valence-corrected chi connectivity index (χ1v) is 2.72. The van der Waals surface area contributed by atoms with Crippen LogP contribution in [0.5, 0.6) is 0 Å². The monoisotopic (exact) mass is 175 g/mol. The van der Waals surface area contributed by atoms with Gasteiger partial charge in [-0.1, -0.05) is 12.1 Å². The van der Waals surface area contributed by atoms with Crippen molar-refractivity contribution in [2.24, 2.45) is 0 Å². The van der Waals surface area contributed by atoms with Crippen molar-refractivity contribution in [3.8, 4) is 0 Å². The van der Waals surface area contributed by atoms with Crippen LogP contribution in [0.3, 0.4) is 0 Å². The molecule has 0 radical (unpaired) electrons. The van der Waals surface area contributed by atoms with Gasteiger partial charge in [0.15, 0.2) is 0 Å². The van der Waals surface area contributed by atoms with E-state index in [1.165, 1.54) is 0 Å². The predicted octanol–water partition coefficient (Wildman–Crippen LogP) is 0.955. The number of aromatic nitrogens is 3. The van der Waals surface area contributed by atoms with E-state index in [4.69, 9.17) is 0 Å². The summed E-state index contributed by atoms with van der Waals surface area (Å²) in [6.45, 7) is 0. The Labute approximate surface area is 68.3 Å². The van der Waals surface area contributed by atoms with Crippen molar-refractivity contribution in [3.05, 3.63) is 24.3 Å². The average Bonchev–Trinajstić information content (AvgIpc) is 2.33. The normalized spacial score (nSPS) is 9.20. The van der Waals surface area contributed by atoms with Crippen LogP contribution in [0.4, 0.5) is 0 Å². The number of nitrogens with one attached hydrogen (secondary N) is 1. The summed E-state index contributed by atoms with van der Waals surface area (Å²) in [4.78, 5) is 0. The summed E-state index contributed by atoms with van der Waals surface area (Å²) in [6, 6.07) is 7.70. The second kappa shape index (κ2) is 2.82. The number of nitrogens with zero attached hydrogens (tertiary/aromatic N) is 2. The van der Waals surface area contributed by atoms with Gasteiger partial charge in [-0.15, -0.1) is 0 Å². The van der Waals surface area contributed by atoms with Gasteiger partial charge in [0, 0.05) is 0 Å². The maximum atomic E-state index is 3.88. The van der Waals surface area contributed by atoms with E-state index < -0.39 is 0 Å². The fourth-order valence-corrected chi connectivity index (χ4v) is 0.786. The van der Waals surface area contributed by atoms with Crippen LogP contribution < -0.4 is 0 Å². The zero-order chi connectivity index (χ0) is 6.10. The largest absolute Gasteiger partial charge is 2.00 e. The summed E-state index contributed by atoms with van der Waals surface area (Å²) in [5, 5.41) is 10.3. The van der Waals surface area contributed by atoms with Crippen LogP contribution in [-0.2, 0) is 17.1 Å². The molecule has 0 unspecified atom stereocenters. The number of hydrogen-bond acceptors (Lipinski definition) is 2. The molecule has 2 aromatic rings. The van der Waals surface area contributed by atoms with E-state index in [0.29, 0.717) is 0 Å². The van der Waals surface area contributed by atoms with Crippen LogP contribution in [0.2, 0.25) is 0 Å². The third kappa shape index (κ3) is 1.03. The van der Waals surface area contributed by atoms with Crippen molar-refractivity contribution in [2.45, 2.75) is 0 Å². The molecule has 4 heteroatoms. The van der Waals surface area contributed by atoms with Gasteiger partial charge in [-0.3, -0.25) is 0 Å². The van der Waals surface area contributed by atoms with Crippen LogP contribution in [0.15, 0.2) is 24.3 Å². The maximum absolute atomic E-state index is 3.88. The van der Waals surface area contributed by atoms with Gasteiger partial charge in [-0.2, -0.15) is 15.4 Å².